The molecule has 0 saturated carbocycles. The smallest absolute Gasteiger partial charge is 0.136 e. The van der Waals surface area contributed by atoms with E-state index in [1.54, 1.807) is 0 Å². The van der Waals surface area contributed by atoms with Crippen LogP contribution >= 0.6 is 0 Å². The molecule has 0 aliphatic heterocycles. The van der Waals surface area contributed by atoms with Crippen molar-refractivity contribution in [3.8, 4) is 0 Å². The number of hydrogen-bond acceptors (Lipinski definition) is 5. The van der Waals surface area contributed by atoms with Crippen molar-refractivity contribution < 1.29 is 9.57 Å². The number of fused-ring (bicyclic) bond motifs is 3. The maximum absolute atomic E-state index is 5.55. The van der Waals surface area contributed by atoms with Crippen molar-refractivity contribution in [2.75, 3.05) is 13.2 Å². The van der Waals surface area contributed by atoms with Crippen molar-refractivity contribution >= 4 is 21.9 Å². The molecular weight excluding hydrogens is 280 g/mol. The molecule has 2 N–H and O–H groups in total. The second-order valence-corrected chi connectivity index (χ2v) is 5.05. The van der Waals surface area contributed by atoms with Crippen LogP contribution in [0.25, 0.3) is 21.9 Å². The monoisotopic (exact) mass is 300 g/mol. The van der Waals surface area contributed by atoms with Crippen molar-refractivity contribution in [2.45, 2.75) is 26.5 Å². The van der Waals surface area contributed by atoms with E-state index < -0.39 is 0 Å². The highest BCUT2D eigenvalue weighted by Crippen LogP contribution is 2.25. The second kappa shape index (κ2) is 6.83. The standard InChI is InChI=1S/C16H20N4O2/c1-2-21-11-15-19-14-10-18-13-7-4-3-6-12(13)16(14)20(15)8-5-9-22-17/h3-4,6-7,10H,2,5,8-9,11,17H2,1H3. The van der Waals surface area contributed by atoms with Crippen LogP contribution in [0.5, 0.6) is 0 Å². The third kappa shape index (κ3) is 2.81. The molecular formula is C16H20N4O2. The summed E-state index contributed by atoms with van der Waals surface area (Å²) in [6, 6.07) is 8.10. The van der Waals surface area contributed by atoms with Gasteiger partial charge >= 0.3 is 0 Å². The minimum atomic E-state index is 0.489. The molecule has 22 heavy (non-hydrogen) atoms. The Bertz CT molecular complexity index is 769. The number of benzene rings is 1. The summed E-state index contributed by atoms with van der Waals surface area (Å²) < 4.78 is 7.74. The minimum Gasteiger partial charge on any atom is -0.374 e. The summed E-state index contributed by atoms with van der Waals surface area (Å²) in [5, 5.41) is 1.10. The predicted octanol–water partition coefficient (Wildman–Crippen LogP) is 2.40. The molecule has 6 heteroatoms. The summed E-state index contributed by atoms with van der Waals surface area (Å²) >= 11 is 0. The van der Waals surface area contributed by atoms with Gasteiger partial charge in [0, 0.05) is 18.5 Å². The highest BCUT2D eigenvalue weighted by atomic mass is 16.6. The van der Waals surface area contributed by atoms with Crippen molar-refractivity contribution in [3.05, 3.63) is 36.3 Å². The molecule has 0 bridgehead atoms. The van der Waals surface area contributed by atoms with Crippen LogP contribution in [0.4, 0.5) is 0 Å². The number of nitrogens with zero attached hydrogens (tertiary/aromatic N) is 3. The van der Waals surface area contributed by atoms with E-state index in [1.807, 2.05) is 31.3 Å². The van der Waals surface area contributed by atoms with Gasteiger partial charge in [-0.15, -0.1) is 0 Å². The van der Waals surface area contributed by atoms with Gasteiger partial charge in [-0.05, 0) is 19.4 Å². The Kier molecular flexibility index (Phi) is 4.62. The molecule has 0 amide bonds. The number of para-hydroxylation sites is 1. The van der Waals surface area contributed by atoms with Crippen LogP contribution in [0.15, 0.2) is 30.5 Å². The van der Waals surface area contributed by atoms with E-state index in [1.165, 1.54) is 0 Å². The van der Waals surface area contributed by atoms with Crippen LogP contribution in [0, 0.1) is 0 Å². The lowest BCUT2D eigenvalue weighted by atomic mass is 10.2. The van der Waals surface area contributed by atoms with Gasteiger partial charge in [0.2, 0.25) is 0 Å². The molecule has 0 aliphatic rings. The van der Waals surface area contributed by atoms with Gasteiger partial charge in [0.05, 0.1) is 23.8 Å². The Balaban J connectivity index is 2.12. The SMILES string of the molecule is CCOCc1nc2cnc3ccccc3c2n1CCCON. The molecule has 0 radical (unpaired) electrons. The first-order valence-corrected chi connectivity index (χ1v) is 7.47. The van der Waals surface area contributed by atoms with Crippen molar-refractivity contribution in [2.24, 2.45) is 5.90 Å². The van der Waals surface area contributed by atoms with Gasteiger partial charge in [0.15, 0.2) is 0 Å². The van der Waals surface area contributed by atoms with Gasteiger partial charge in [-0.2, -0.15) is 0 Å². The number of hydrogen-bond donors (Lipinski definition) is 1. The zero-order chi connectivity index (χ0) is 15.4. The number of aromatic nitrogens is 3. The molecule has 2 heterocycles. The molecule has 0 atom stereocenters. The fourth-order valence-corrected chi connectivity index (χ4v) is 2.66. The highest BCUT2D eigenvalue weighted by molar-refractivity contribution is 6.02. The Morgan fingerprint density at radius 2 is 2.09 bits per heavy atom. The summed E-state index contributed by atoms with van der Waals surface area (Å²) in [6.07, 6.45) is 2.64. The molecule has 0 fully saturated rings. The first-order valence-electron chi connectivity index (χ1n) is 7.47. The number of imidazole rings is 1. The Labute approximate surface area is 128 Å². The van der Waals surface area contributed by atoms with E-state index in [-0.39, 0.29) is 0 Å². The maximum atomic E-state index is 5.55. The molecule has 0 unspecified atom stereocenters. The summed E-state index contributed by atoms with van der Waals surface area (Å²) in [5.74, 6) is 6.04. The van der Waals surface area contributed by atoms with Gasteiger partial charge in [-0.25, -0.2) is 10.9 Å². The highest BCUT2D eigenvalue weighted by Gasteiger charge is 2.14. The molecule has 2 aromatic heterocycles. The molecule has 6 nitrogen and oxygen atoms in total. The predicted molar refractivity (Wildman–Crippen MR) is 85.1 cm³/mol. The fraction of sp³-hybridized carbons (Fsp3) is 0.375. The summed E-state index contributed by atoms with van der Waals surface area (Å²) in [6.45, 7) is 4.42. The third-order valence-corrected chi connectivity index (χ3v) is 3.64. The lowest BCUT2D eigenvalue weighted by Gasteiger charge is -2.10. The van der Waals surface area contributed by atoms with Gasteiger partial charge in [0.25, 0.3) is 0 Å². The quantitative estimate of drug-likeness (QED) is 0.535. The molecule has 1 aromatic carbocycles. The number of rotatable bonds is 7. The number of pyridine rings is 1. The summed E-state index contributed by atoms with van der Waals surface area (Å²) in [5.41, 5.74) is 2.95. The normalized spacial score (nSPS) is 11.5. The molecule has 0 aliphatic carbocycles. The average Bonchev–Trinajstić information content (AvgIpc) is 2.91. The largest absolute Gasteiger partial charge is 0.374 e. The number of nitrogens with two attached hydrogens (primary N) is 1. The summed E-state index contributed by atoms with van der Waals surface area (Å²) in [7, 11) is 0. The Morgan fingerprint density at radius 3 is 2.91 bits per heavy atom. The van der Waals surface area contributed by atoms with Crippen LogP contribution in [-0.4, -0.2) is 27.7 Å². The number of ether oxygens (including phenoxy) is 1. The second-order valence-electron chi connectivity index (χ2n) is 5.05. The Morgan fingerprint density at radius 1 is 1.23 bits per heavy atom. The lowest BCUT2D eigenvalue weighted by molar-refractivity contribution is 0.121. The zero-order valence-electron chi connectivity index (χ0n) is 12.7. The molecule has 0 saturated heterocycles. The third-order valence-electron chi connectivity index (χ3n) is 3.64. The Hall–Kier alpha value is -2.02. The van der Waals surface area contributed by atoms with Gasteiger partial charge in [-0.1, -0.05) is 18.2 Å². The molecule has 3 aromatic rings. The van der Waals surface area contributed by atoms with E-state index >= 15 is 0 Å². The first-order chi connectivity index (χ1) is 10.8. The first kappa shape index (κ1) is 14.9. The molecule has 0 spiro atoms. The van der Waals surface area contributed by atoms with Gasteiger partial charge < -0.3 is 14.1 Å². The molecule has 116 valence electrons. The van der Waals surface area contributed by atoms with Crippen molar-refractivity contribution in [3.63, 3.8) is 0 Å². The van der Waals surface area contributed by atoms with Gasteiger partial charge in [0.1, 0.15) is 17.9 Å². The van der Waals surface area contributed by atoms with E-state index in [0.29, 0.717) is 19.8 Å². The fourth-order valence-electron chi connectivity index (χ4n) is 2.66. The van der Waals surface area contributed by atoms with E-state index in [2.05, 4.69) is 25.4 Å². The van der Waals surface area contributed by atoms with Crippen LogP contribution in [0.1, 0.15) is 19.2 Å². The number of aryl methyl sites for hydroxylation is 1. The van der Waals surface area contributed by atoms with E-state index in [9.17, 15) is 0 Å². The van der Waals surface area contributed by atoms with E-state index in [4.69, 9.17) is 10.6 Å². The zero-order valence-corrected chi connectivity index (χ0v) is 12.7. The topological polar surface area (TPSA) is 75.2 Å². The van der Waals surface area contributed by atoms with Crippen LogP contribution in [0.2, 0.25) is 0 Å². The summed E-state index contributed by atoms with van der Waals surface area (Å²) in [4.78, 5) is 13.8. The van der Waals surface area contributed by atoms with Crippen LogP contribution in [-0.2, 0) is 22.7 Å². The van der Waals surface area contributed by atoms with Crippen LogP contribution < -0.4 is 5.90 Å². The minimum absolute atomic E-state index is 0.489. The van der Waals surface area contributed by atoms with Gasteiger partial charge in [-0.3, -0.25) is 4.98 Å². The maximum Gasteiger partial charge on any atom is 0.136 e. The lowest BCUT2D eigenvalue weighted by Crippen LogP contribution is -2.10. The van der Waals surface area contributed by atoms with E-state index in [0.717, 1.165) is 40.7 Å². The van der Waals surface area contributed by atoms with Crippen molar-refractivity contribution in [1.29, 1.82) is 0 Å². The van der Waals surface area contributed by atoms with Crippen LogP contribution in [0.3, 0.4) is 0 Å². The average molecular weight is 300 g/mol. The van der Waals surface area contributed by atoms with Crippen molar-refractivity contribution in [1.82, 2.24) is 14.5 Å². The molecule has 3 rings (SSSR count).